The number of nitrogens with one attached hydrogen (secondary N) is 1. The largest absolute Gasteiger partial charge is 0.417 e. The van der Waals surface area contributed by atoms with Crippen LogP contribution < -0.4 is 10.5 Å². The zero-order chi connectivity index (χ0) is 16.8. The third-order valence-electron chi connectivity index (χ3n) is 2.57. The predicted molar refractivity (Wildman–Crippen MR) is 76.1 cm³/mol. The van der Waals surface area contributed by atoms with Gasteiger partial charge in [0.25, 0.3) is 0 Å². The summed E-state index contributed by atoms with van der Waals surface area (Å²) in [4.78, 5) is 11.5. The van der Waals surface area contributed by atoms with Crippen LogP contribution in [-0.4, -0.2) is 32.8 Å². The van der Waals surface area contributed by atoms with E-state index in [2.05, 4.69) is 5.32 Å². The maximum absolute atomic E-state index is 13.0. The van der Waals surface area contributed by atoms with E-state index >= 15 is 0 Å². The van der Waals surface area contributed by atoms with Crippen molar-refractivity contribution in [2.75, 3.05) is 12.3 Å². The minimum Gasteiger partial charge on any atom is -0.353 e. The van der Waals surface area contributed by atoms with E-state index in [1.807, 2.05) is 0 Å². The SMILES string of the molecule is NS(=O)(=O)CCCNC(=O)C=C(c1ccccc1)C(F)(F)F. The van der Waals surface area contributed by atoms with Crippen LogP contribution in [0.15, 0.2) is 36.4 Å². The molecule has 5 nitrogen and oxygen atoms in total. The van der Waals surface area contributed by atoms with Crippen LogP contribution in [0.1, 0.15) is 12.0 Å². The monoisotopic (exact) mass is 336 g/mol. The first-order chi connectivity index (χ1) is 10.1. The Morgan fingerprint density at radius 3 is 2.32 bits per heavy atom. The van der Waals surface area contributed by atoms with Crippen LogP contribution in [0.2, 0.25) is 0 Å². The zero-order valence-corrected chi connectivity index (χ0v) is 12.2. The highest BCUT2D eigenvalue weighted by molar-refractivity contribution is 7.89. The van der Waals surface area contributed by atoms with Gasteiger partial charge in [0.15, 0.2) is 0 Å². The zero-order valence-electron chi connectivity index (χ0n) is 11.4. The number of alkyl halides is 3. The van der Waals surface area contributed by atoms with Gasteiger partial charge in [-0.25, -0.2) is 13.6 Å². The molecule has 1 rings (SSSR count). The number of amides is 1. The average Bonchev–Trinajstić information content (AvgIpc) is 2.40. The molecular formula is C13H15F3N2O3S. The molecule has 122 valence electrons. The van der Waals surface area contributed by atoms with Crippen molar-refractivity contribution < 1.29 is 26.4 Å². The molecule has 0 atom stereocenters. The number of hydrogen-bond acceptors (Lipinski definition) is 3. The molecule has 1 aromatic rings. The number of sulfonamides is 1. The molecule has 9 heteroatoms. The van der Waals surface area contributed by atoms with Gasteiger partial charge in [0, 0.05) is 12.6 Å². The van der Waals surface area contributed by atoms with Crippen molar-refractivity contribution >= 4 is 21.5 Å². The van der Waals surface area contributed by atoms with Crippen LogP contribution >= 0.6 is 0 Å². The van der Waals surface area contributed by atoms with Gasteiger partial charge in [0.1, 0.15) is 0 Å². The Labute approximate surface area is 126 Å². The fourth-order valence-electron chi connectivity index (χ4n) is 1.61. The van der Waals surface area contributed by atoms with Gasteiger partial charge in [-0.15, -0.1) is 0 Å². The Balaban J connectivity index is 2.75. The molecule has 0 saturated heterocycles. The molecule has 0 radical (unpaired) electrons. The number of benzene rings is 1. The highest BCUT2D eigenvalue weighted by Crippen LogP contribution is 2.33. The van der Waals surface area contributed by atoms with Crippen molar-refractivity contribution in [3.63, 3.8) is 0 Å². The van der Waals surface area contributed by atoms with E-state index in [0.29, 0.717) is 6.08 Å². The van der Waals surface area contributed by atoms with Crippen LogP contribution in [0, 0.1) is 0 Å². The lowest BCUT2D eigenvalue weighted by molar-refractivity contribution is -0.117. The topological polar surface area (TPSA) is 89.3 Å². The molecule has 0 saturated carbocycles. The normalized spacial score (nSPS) is 13.0. The number of rotatable bonds is 6. The summed E-state index contributed by atoms with van der Waals surface area (Å²) in [5.41, 5.74) is -1.20. The van der Waals surface area contributed by atoms with Gasteiger partial charge < -0.3 is 5.32 Å². The van der Waals surface area contributed by atoms with Crippen molar-refractivity contribution in [1.82, 2.24) is 5.32 Å². The number of primary sulfonamides is 1. The highest BCUT2D eigenvalue weighted by Gasteiger charge is 2.35. The first kappa shape index (κ1) is 18.2. The van der Waals surface area contributed by atoms with E-state index in [0.717, 1.165) is 0 Å². The van der Waals surface area contributed by atoms with E-state index in [1.165, 1.54) is 24.3 Å². The Bertz CT molecular complexity index is 640. The summed E-state index contributed by atoms with van der Waals surface area (Å²) < 4.78 is 60.2. The number of allylic oxidation sites excluding steroid dienone is 1. The average molecular weight is 336 g/mol. The van der Waals surface area contributed by atoms with E-state index in [-0.39, 0.29) is 24.3 Å². The predicted octanol–water partition coefficient (Wildman–Crippen LogP) is 1.43. The van der Waals surface area contributed by atoms with Gasteiger partial charge >= 0.3 is 6.18 Å². The Hall–Kier alpha value is -1.87. The summed E-state index contributed by atoms with van der Waals surface area (Å²) in [6, 6.07) is 6.91. The summed E-state index contributed by atoms with van der Waals surface area (Å²) in [5, 5.41) is 6.96. The second-order valence-electron chi connectivity index (χ2n) is 4.43. The molecule has 0 bridgehead atoms. The number of halogens is 3. The molecule has 0 aliphatic heterocycles. The van der Waals surface area contributed by atoms with E-state index in [9.17, 15) is 26.4 Å². The summed E-state index contributed by atoms with van der Waals surface area (Å²) in [6.45, 7) is -0.0916. The Morgan fingerprint density at radius 2 is 1.82 bits per heavy atom. The van der Waals surface area contributed by atoms with Crippen LogP contribution in [0.25, 0.3) is 5.57 Å². The van der Waals surface area contributed by atoms with Gasteiger partial charge in [-0.1, -0.05) is 30.3 Å². The van der Waals surface area contributed by atoms with Gasteiger partial charge in [-0.2, -0.15) is 13.2 Å². The quantitative estimate of drug-likeness (QED) is 0.608. The molecule has 1 aromatic carbocycles. The molecule has 0 heterocycles. The molecule has 1 amide bonds. The lowest BCUT2D eigenvalue weighted by atomic mass is 10.1. The Morgan fingerprint density at radius 1 is 1.23 bits per heavy atom. The fourth-order valence-corrected chi connectivity index (χ4v) is 2.16. The van der Waals surface area contributed by atoms with Crippen LogP contribution in [0.4, 0.5) is 13.2 Å². The standard InChI is InChI=1S/C13H15F3N2O3S/c14-13(15,16)11(10-5-2-1-3-6-10)9-12(19)18-7-4-8-22(17,20)21/h1-3,5-6,9H,4,7-8H2,(H,18,19)(H2,17,20,21). The molecule has 3 N–H and O–H groups in total. The van der Waals surface area contributed by atoms with Gasteiger partial charge in [0.2, 0.25) is 15.9 Å². The first-order valence-corrected chi connectivity index (χ1v) is 7.94. The number of carbonyl (C=O) groups excluding carboxylic acids is 1. The van der Waals surface area contributed by atoms with Gasteiger partial charge in [0.05, 0.1) is 11.3 Å². The minimum absolute atomic E-state index is 0.0189. The summed E-state index contributed by atoms with van der Waals surface area (Å²) in [7, 11) is -3.66. The highest BCUT2D eigenvalue weighted by atomic mass is 32.2. The Kier molecular flexibility index (Phi) is 6.12. The van der Waals surface area contributed by atoms with Crippen molar-refractivity contribution in [2.24, 2.45) is 5.14 Å². The maximum atomic E-state index is 13.0. The molecule has 0 spiro atoms. The smallest absolute Gasteiger partial charge is 0.353 e. The second-order valence-corrected chi connectivity index (χ2v) is 6.17. The molecule has 0 fully saturated rings. The molecular weight excluding hydrogens is 321 g/mol. The third-order valence-corrected chi connectivity index (χ3v) is 3.43. The van der Waals surface area contributed by atoms with E-state index in [1.54, 1.807) is 6.07 Å². The van der Waals surface area contributed by atoms with Crippen molar-refractivity contribution in [2.45, 2.75) is 12.6 Å². The molecule has 0 aliphatic rings. The second kappa shape index (κ2) is 7.41. The van der Waals surface area contributed by atoms with Crippen molar-refractivity contribution in [1.29, 1.82) is 0 Å². The molecule has 0 aliphatic carbocycles. The summed E-state index contributed by atoms with van der Waals surface area (Å²) >= 11 is 0. The van der Waals surface area contributed by atoms with E-state index in [4.69, 9.17) is 5.14 Å². The molecule has 0 unspecified atom stereocenters. The van der Waals surface area contributed by atoms with Gasteiger partial charge in [-0.3, -0.25) is 4.79 Å². The number of nitrogens with two attached hydrogens (primary N) is 1. The lowest BCUT2D eigenvalue weighted by Crippen LogP contribution is -2.27. The van der Waals surface area contributed by atoms with Crippen molar-refractivity contribution in [3.05, 3.63) is 42.0 Å². The fraction of sp³-hybridized carbons (Fsp3) is 0.308. The maximum Gasteiger partial charge on any atom is 0.417 e. The molecule has 22 heavy (non-hydrogen) atoms. The first-order valence-electron chi connectivity index (χ1n) is 6.22. The minimum atomic E-state index is -4.68. The van der Waals surface area contributed by atoms with Crippen LogP contribution in [0.5, 0.6) is 0 Å². The van der Waals surface area contributed by atoms with Crippen LogP contribution in [0.3, 0.4) is 0 Å². The molecule has 0 aromatic heterocycles. The summed E-state index contributed by atoms with van der Waals surface area (Å²) in [5.74, 6) is -1.31. The number of carbonyl (C=O) groups is 1. The third kappa shape index (κ3) is 6.72. The summed E-state index contributed by atoms with van der Waals surface area (Å²) in [6.07, 6.45) is -4.21. The van der Waals surface area contributed by atoms with Crippen LogP contribution in [-0.2, 0) is 14.8 Å². The van der Waals surface area contributed by atoms with Crippen molar-refractivity contribution in [3.8, 4) is 0 Å². The lowest BCUT2D eigenvalue weighted by Gasteiger charge is -2.12. The number of hydrogen-bond donors (Lipinski definition) is 2. The van der Waals surface area contributed by atoms with Gasteiger partial charge in [-0.05, 0) is 12.0 Å². The van der Waals surface area contributed by atoms with E-state index < -0.39 is 27.7 Å².